The van der Waals surface area contributed by atoms with E-state index in [0.717, 1.165) is 5.56 Å². The summed E-state index contributed by atoms with van der Waals surface area (Å²) in [5.41, 5.74) is 1.56. The van der Waals surface area contributed by atoms with Crippen molar-refractivity contribution in [3.8, 4) is 0 Å². The number of amides is 2. The molecule has 0 bridgehead atoms. The van der Waals surface area contributed by atoms with Gasteiger partial charge in [-0.25, -0.2) is 4.79 Å². The number of hydrogen-bond acceptors (Lipinski definition) is 3. The number of carboxylic acid groups (broad SMARTS) is 1. The van der Waals surface area contributed by atoms with Gasteiger partial charge in [0.05, 0.1) is 6.61 Å². The van der Waals surface area contributed by atoms with E-state index in [9.17, 15) is 9.59 Å². The van der Waals surface area contributed by atoms with Crippen LogP contribution in [0.4, 0.5) is 10.5 Å². The van der Waals surface area contributed by atoms with Crippen LogP contribution < -0.4 is 10.6 Å². The maximum atomic E-state index is 11.7. The molecule has 20 heavy (non-hydrogen) atoms. The number of aliphatic carboxylic acids is 1. The van der Waals surface area contributed by atoms with Gasteiger partial charge in [-0.15, -0.1) is 0 Å². The molecule has 1 aromatic rings. The first kappa shape index (κ1) is 16.0. The van der Waals surface area contributed by atoms with E-state index in [1.54, 1.807) is 20.1 Å². The van der Waals surface area contributed by atoms with Gasteiger partial charge in [-0.3, -0.25) is 4.79 Å². The second kappa shape index (κ2) is 8.16. The van der Waals surface area contributed by atoms with Crippen LogP contribution in [0.3, 0.4) is 0 Å². The number of para-hydroxylation sites is 1. The molecule has 0 radical (unpaired) electrons. The van der Waals surface area contributed by atoms with E-state index in [-0.39, 0.29) is 18.4 Å². The number of benzene rings is 1. The molecular formula is C14H20N2O4. The molecule has 0 saturated carbocycles. The molecule has 0 aliphatic carbocycles. The van der Waals surface area contributed by atoms with Gasteiger partial charge in [0.25, 0.3) is 0 Å². The number of hydrogen-bond donors (Lipinski definition) is 3. The summed E-state index contributed by atoms with van der Waals surface area (Å²) in [4.78, 5) is 22.3. The minimum atomic E-state index is -0.870. The summed E-state index contributed by atoms with van der Waals surface area (Å²) in [6, 6.07) is 6.99. The first-order valence-corrected chi connectivity index (χ1v) is 6.36. The van der Waals surface area contributed by atoms with Crippen LogP contribution in [0.25, 0.3) is 0 Å². The van der Waals surface area contributed by atoms with Crippen molar-refractivity contribution in [3.63, 3.8) is 0 Å². The molecule has 3 N–H and O–H groups in total. The fourth-order valence-electron chi connectivity index (χ4n) is 1.73. The van der Waals surface area contributed by atoms with Crippen molar-refractivity contribution in [3.05, 3.63) is 29.8 Å². The van der Waals surface area contributed by atoms with E-state index in [1.165, 1.54) is 0 Å². The highest BCUT2D eigenvalue weighted by Crippen LogP contribution is 2.15. The maximum Gasteiger partial charge on any atom is 0.319 e. The number of nitrogens with one attached hydrogen (secondary N) is 2. The highest BCUT2D eigenvalue weighted by atomic mass is 16.5. The molecule has 6 heteroatoms. The normalized spacial score (nSPS) is 11.7. The Bertz CT molecular complexity index is 462. The highest BCUT2D eigenvalue weighted by molar-refractivity contribution is 5.90. The Kier molecular flexibility index (Phi) is 6.52. The Labute approximate surface area is 118 Å². The van der Waals surface area contributed by atoms with Crippen LogP contribution in [0.2, 0.25) is 0 Å². The lowest BCUT2D eigenvalue weighted by molar-refractivity contribution is -0.137. The van der Waals surface area contributed by atoms with Gasteiger partial charge in [0.2, 0.25) is 0 Å². The van der Waals surface area contributed by atoms with Crippen LogP contribution in [0.15, 0.2) is 24.3 Å². The van der Waals surface area contributed by atoms with E-state index in [2.05, 4.69) is 10.6 Å². The Balaban J connectivity index is 2.48. The molecular weight excluding hydrogens is 260 g/mol. The van der Waals surface area contributed by atoms with Crippen LogP contribution in [0, 0.1) is 5.92 Å². The number of ether oxygens (including phenoxy) is 1. The van der Waals surface area contributed by atoms with E-state index in [0.29, 0.717) is 18.8 Å². The lowest BCUT2D eigenvalue weighted by Crippen LogP contribution is -2.33. The molecule has 1 rings (SSSR count). The average Bonchev–Trinajstić information content (AvgIpc) is 2.38. The third-order valence-corrected chi connectivity index (χ3v) is 2.70. The zero-order valence-corrected chi connectivity index (χ0v) is 11.7. The van der Waals surface area contributed by atoms with Gasteiger partial charge < -0.3 is 20.5 Å². The first-order valence-electron chi connectivity index (χ1n) is 6.36. The zero-order chi connectivity index (χ0) is 15.0. The smallest absolute Gasteiger partial charge is 0.319 e. The Hall–Kier alpha value is -2.08. The highest BCUT2D eigenvalue weighted by Gasteiger charge is 2.10. The molecule has 0 aliphatic heterocycles. The van der Waals surface area contributed by atoms with E-state index in [1.807, 2.05) is 18.2 Å². The summed E-state index contributed by atoms with van der Waals surface area (Å²) >= 11 is 0. The molecule has 1 atom stereocenters. The topological polar surface area (TPSA) is 87.7 Å². The SMILES string of the molecule is COCc1ccccc1NC(=O)NCC(C)CC(=O)O. The van der Waals surface area contributed by atoms with Gasteiger partial charge in [0.1, 0.15) is 0 Å². The number of anilines is 1. The Morgan fingerprint density at radius 2 is 2.05 bits per heavy atom. The van der Waals surface area contributed by atoms with Crippen LogP contribution in [0.1, 0.15) is 18.9 Å². The molecule has 1 unspecified atom stereocenters. The standard InChI is InChI=1S/C14H20N2O4/c1-10(7-13(17)18)8-15-14(19)16-12-6-4-3-5-11(12)9-20-2/h3-6,10H,7-9H2,1-2H3,(H,17,18)(H2,15,16,19). The molecule has 0 fully saturated rings. The van der Waals surface area contributed by atoms with Crippen LogP contribution in [-0.2, 0) is 16.1 Å². The lowest BCUT2D eigenvalue weighted by atomic mass is 10.1. The summed E-state index contributed by atoms with van der Waals surface area (Å²) in [7, 11) is 1.59. The molecule has 0 saturated heterocycles. The predicted molar refractivity (Wildman–Crippen MR) is 75.6 cm³/mol. The van der Waals surface area contributed by atoms with Gasteiger partial charge >= 0.3 is 12.0 Å². The molecule has 0 aromatic heterocycles. The molecule has 0 aliphatic rings. The summed E-state index contributed by atoms with van der Waals surface area (Å²) in [5.74, 6) is -0.988. The van der Waals surface area contributed by atoms with Crippen molar-refractivity contribution in [1.82, 2.24) is 5.32 Å². The summed E-state index contributed by atoms with van der Waals surface area (Å²) in [5, 5.41) is 14.0. The number of urea groups is 1. The van der Waals surface area contributed by atoms with E-state index >= 15 is 0 Å². The molecule has 0 heterocycles. The summed E-state index contributed by atoms with van der Waals surface area (Å²) < 4.78 is 5.06. The largest absolute Gasteiger partial charge is 0.481 e. The summed E-state index contributed by atoms with van der Waals surface area (Å²) in [6.07, 6.45) is 0.0283. The Morgan fingerprint density at radius 3 is 2.70 bits per heavy atom. The van der Waals surface area contributed by atoms with Crippen molar-refractivity contribution in [2.24, 2.45) is 5.92 Å². The molecule has 2 amide bonds. The van der Waals surface area contributed by atoms with E-state index in [4.69, 9.17) is 9.84 Å². The molecule has 110 valence electrons. The summed E-state index contributed by atoms with van der Waals surface area (Å²) in [6.45, 7) is 2.49. The van der Waals surface area contributed by atoms with Gasteiger partial charge in [0, 0.05) is 31.3 Å². The van der Waals surface area contributed by atoms with Gasteiger partial charge in [-0.05, 0) is 12.0 Å². The number of methoxy groups -OCH3 is 1. The molecule has 0 spiro atoms. The number of carboxylic acids is 1. The zero-order valence-electron chi connectivity index (χ0n) is 11.7. The minimum absolute atomic E-state index is 0.0283. The number of carbonyl (C=O) groups excluding carboxylic acids is 1. The number of rotatable bonds is 7. The van der Waals surface area contributed by atoms with Crippen LogP contribution in [-0.4, -0.2) is 30.8 Å². The monoisotopic (exact) mass is 280 g/mol. The second-order valence-corrected chi connectivity index (χ2v) is 4.63. The third-order valence-electron chi connectivity index (χ3n) is 2.70. The van der Waals surface area contributed by atoms with Crippen molar-refractivity contribution < 1.29 is 19.4 Å². The van der Waals surface area contributed by atoms with E-state index < -0.39 is 5.97 Å². The first-order chi connectivity index (χ1) is 9.52. The van der Waals surface area contributed by atoms with Gasteiger partial charge in [0.15, 0.2) is 0 Å². The van der Waals surface area contributed by atoms with Crippen LogP contribution >= 0.6 is 0 Å². The van der Waals surface area contributed by atoms with Crippen molar-refractivity contribution >= 4 is 17.7 Å². The number of carbonyl (C=O) groups is 2. The fraction of sp³-hybridized carbons (Fsp3) is 0.429. The van der Waals surface area contributed by atoms with Crippen molar-refractivity contribution in [1.29, 1.82) is 0 Å². The quantitative estimate of drug-likeness (QED) is 0.713. The lowest BCUT2D eigenvalue weighted by Gasteiger charge is -2.13. The van der Waals surface area contributed by atoms with Gasteiger partial charge in [-0.2, -0.15) is 0 Å². The maximum absolute atomic E-state index is 11.7. The molecule has 6 nitrogen and oxygen atoms in total. The van der Waals surface area contributed by atoms with Crippen molar-refractivity contribution in [2.75, 3.05) is 19.0 Å². The van der Waals surface area contributed by atoms with Gasteiger partial charge in [-0.1, -0.05) is 25.1 Å². The van der Waals surface area contributed by atoms with Crippen LogP contribution in [0.5, 0.6) is 0 Å². The second-order valence-electron chi connectivity index (χ2n) is 4.63. The minimum Gasteiger partial charge on any atom is -0.481 e. The average molecular weight is 280 g/mol. The van der Waals surface area contributed by atoms with Crippen molar-refractivity contribution in [2.45, 2.75) is 20.0 Å². The Morgan fingerprint density at radius 1 is 1.35 bits per heavy atom. The molecule has 1 aromatic carbocycles. The fourth-order valence-corrected chi connectivity index (χ4v) is 1.73. The third kappa shape index (κ3) is 5.71. The predicted octanol–water partition coefficient (Wildman–Crippen LogP) is 2.07.